The number of nitrogens with zero attached hydrogens (tertiary/aromatic N) is 1. The van der Waals surface area contributed by atoms with E-state index in [1.54, 1.807) is 12.1 Å². The van der Waals surface area contributed by atoms with Crippen molar-refractivity contribution in [1.29, 1.82) is 0 Å². The van der Waals surface area contributed by atoms with Crippen LogP contribution in [-0.2, 0) is 0 Å². The van der Waals surface area contributed by atoms with Gasteiger partial charge in [-0.2, -0.15) is 0 Å². The zero-order chi connectivity index (χ0) is 13.9. The van der Waals surface area contributed by atoms with Crippen molar-refractivity contribution in [3.63, 3.8) is 0 Å². The Bertz CT molecular complexity index is 493. The highest BCUT2D eigenvalue weighted by atomic mass is 16.6. The van der Waals surface area contributed by atoms with E-state index in [0.29, 0.717) is 17.5 Å². The van der Waals surface area contributed by atoms with Crippen molar-refractivity contribution in [2.45, 2.75) is 32.6 Å². The first-order valence-electron chi connectivity index (χ1n) is 6.52. The van der Waals surface area contributed by atoms with Crippen molar-refractivity contribution in [1.82, 2.24) is 0 Å². The van der Waals surface area contributed by atoms with Crippen molar-refractivity contribution in [2.24, 2.45) is 5.41 Å². The van der Waals surface area contributed by atoms with Gasteiger partial charge in [0, 0.05) is 18.2 Å². The van der Waals surface area contributed by atoms with Crippen LogP contribution in [0.25, 0.3) is 0 Å². The van der Waals surface area contributed by atoms with Gasteiger partial charge in [-0.3, -0.25) is 14.9 Å². The molecular weight excluding hydrogens is 244 g/mol. The van der Waals surface area contributed by atoms with E-state index in [9.17, 15) is 14.9 Å². The lowest BCUT2D eigenvalue weighted by atomic mass is 9.89. The standard InChI is InChI=1S/C14H18N2O3/c1-14(6-2-3-7-14)10-15-12-5-4-11(9-17)8-13(12)16(18)19/h4-5,8-9,15H,2-3,6-7,10H2,1H3. The first-order valence-corrected chi connectivity index (χ1v) is 6.52. The smallest absolute Gasteiger partial charge is 0.293 e. The lowest BCUT2D eigenvalue weighted by Gasteiger charge is -2.24. The van der Waals surface area contributed by atoms with Gasteiger partial charge in [-0.1, -0.05) is 19.8 Å². The largest absolute Gasteiger partial charge is 0.379 e. The number of rotatable bonds is 5. The van der Waals surface area contributed by atoms with E-state index in [1.807, 2.05) is 0 Å². The van der Waals surface area contributed by atoms with E-state index < -0.39 is 4.92 Å². The number of hydrogen-bond donors (Lipinski definition) is 1. The highest BCUT2D eigenvalue weighted by Crippen LogP contribution is 2.38. The van der Waals surface area contributed by atoms with E-state index in [2.05, 4.69) is 12.2 Å². The topological polar surface area (TPSA) is 72.2 Å². The molecule has 0 bridgehead atoms. The first-order chi connectivity index (χ1) is 9.04. The van der Waals surface area contributed by atoms with Crippen LogP contribution >= 0.6 is 0 Å². The van der Waals surface area contributed by atoms with Gasteiger partial charge >= 0.3 is 0 Å². The third kappa shape index (κ3) is 3.10. The maximum absolute atomic E-state index is 11.0. The number of nitro benzene ring substituents is 1. The predicted molar refractivity (Wildman–Crippen MR) is 73.5 cm³/mol. The molecule has 1 saturated carbocycles. The molecule has 1 N–H and O–H groups in total. The van der Waals surface area contributed by atoms with Crippen molar-refractivity contribution in [3.05, 3.63) is 33.9 Å². The van der Waals surface area contributed by atoms with Crippen molar-refractivity contribution >= 4 is 17.7 Å². The second-order valence-corrected chi connectivity index (χ2v) is 5.52. The van der Waals surface area contributed by atoms with Gasteiger partial charge in [0.15, 0.2) is 0 Å². The number of anilines is 1. The first kappa shape index (κ1) is 13.5. The number of aldehydes is 1. The van der Waals surface area contributed by atoms with Gasteiger partial charge in [-0.25, -0.2) is 0 Å². The number of nitrogens with one attached hydrogen (secondary N) is 1. The molecule has 0 spiro atoms. The minimum Gasteiger partial charge on any atom is -0.379 e. The van der Waals surface area contributed by atoms with Gasteiger partial charge in [0.05, 0.1) is 4.92 Å². The zero-order valence-electron chi connectivity index (χ0n) is 11.0. The van der Waals surface area contributed by atoms with Crippen molar-refractivity contribution < 1.29 is 9.72 Å². The summed E-state index contributed by atoms with van der Waals surface area (Å²) >= 11 is 0. The molecule has 1 aliphatic carbocycles. The van der Waals surface area contributed by atoms with Crippen LogP contribution in [0.5, 0.6) is 0 Å². The molecule has 1 aliphatic rings. The number of benzene rings is 1. The summed E-state index contributed by atoms with van der Waals surface area (Å²) in [6.45, 7) is 2.94. The molecule has 0 aliphatic heterocycles. The summed E-state index contributed by atoms with van der Waals surface area (Å²) in [5.41, 5.74) is 0.997. The van der Waals surface area contributed by atoms with Crippen LogP contribution in [0.1, 0.15) is 43.0 Å². The molecule has 1 fully saturated rings. The molecule has 0 unspecified atom stereocenters. The predicted octanol–water partition coefficient (Wildman–Crippen LogP) is 3.40. The average Bonchev–Trinajstić information content (AvgIpc) is 2.83. The van der Waals surface area contributed by atoms with Crippen molar-refractivity contribution in [3.8, 4) is 0 Å². The lowest BCUT2D eigenvalue weighted by molar-refractivity contribution is -0.384. The quantitative estimate of drug-likeness (QED) is 0.501. The fourth-order valence-corrected chi connectivity index (χ4v) is 2.64. The van der Waals surface area contributed by atoms with Gasteiger partial charge in [0.1, 0.15) is 12.0 Å². The SMILES string of the molecule is CC1(CNc2ccc(C=O)cc2[N+](=O)[O-])CCCC1. The summed E-state index contributed by atoms with van der Waals surface area (Å²) in [6.07, 6.45) is 5.38. The Morgan fingerprint density at radius 2 is 2.11 bits per heavy atom. The second-order valence-electron chi connectivity index (χ2n) is 5.52. The Morgan fingerprint density at radius 3 is 2.68 bits per heavy atom. The molecule has 0 aromatic heterocycles. The maximum atomic E-state index is 11.0. The van der Waals surface area contributed by atoms with E-state index >= 15 is 0 Å². The van der Waals surface area contributed by atoms with Crippen LogP contribution in [0.3, 0.4) is 0 Å². The van der Waals surface area contributed by atoms with E-state index in [1.165, 1.54) is 18.9 Å². The van der Waals surface area contributed by atoms with Crippen LogP contribution in [0, 0.1) is 15.5 Å². The monoisotopic (exact) mass is 262 g/mol. The van der Waals surface area contributed by atoms with Crippen LogP contribution < -0.4 is 5.32 Å². The number of nitro groups is 1. The number of hydrogen-bond acceptors (Lipinski definition) is 4. The normalized spacial score (nSPS) is 17.1. The Balaban J connectivity index is 2.15. The molecule has 5 nitrogen and oxygen atoms in total. The fourth-order valence-electron chi connectivity index (χ4n) is 2.64. The van der Waals surface area contributed by atoms with Gasteiger partial charge in [-0.05, 0) is 30.4 Å². The van der Waals surface area contributed by atoms with Crippen LogP contribution in [0.4, 0.5) is 11.4 Å². The molecule has 5 heteroatoms. The molecular formula is C14H18N2O3. The van der Waals surface area contributed by atoms with E-state index in [4.69, 9.17) is 0 Å². The summed E-state index contributed by atoms with van der Waals surface area (Å²) in [4.78, 5) is 21.2. The molecule has 102 valence electrons. The summed E-state index contributed by atoms with van der Waals surface area (Å²) < 4.78 is 0. The molecule has 19 heavy (non-hydrogen) atoms. The molecule has 0 atom stereocenters. The molecule has 1 aromatic carbocycles. The molecule has 0 radical (unpaired) electrons. The Kier molecular flexibility index (Phi) is 3.83. The highest BCUT2D eigenvalue weighted by molar-refractivity contribution is 5.79. The van der Waals surface area contributed by atoms with E-state index in [0.717, 1.165) is 19.4 Å². The lowest BCUT2D eigenvalue weighted by Crippen LogP contribution is -2.23. The average molecular weight is 262 g/mol. The van der Waals surface area contributed by atoms with Crippen LogP contribution in [-0.4, -0.2) is 17.8 Å². The minimum absolute atomic E-state index is 0.0359. The Labute approximate surface area is 112 Å². The van der Waals surface area contributed by atoms with Gasteiger partial charge < -0.3 is 5.32 Å². The summed E-state index contributed by atoms with van der Waals surface area (Å²) in [6, 6.07) is 4.52. The van der Waals surface area contributed by atoms with Gasteiger partial charge in [-0.15, -0.1) is 0 Å². The Morgan fingerprint density at radius 1 is 1.42 bits per heavy atom. The van der Waals surface area contributed by atoms with Gasteiger partial charge in [0.2, 0.25) is 0 Å². The number of carbonyl (C=O) groups is 1. The Hall–Kier alpha value is -1.91. The maximum Gasteiger partial charge on any atom is 0.293 e. The third-order valence-electron chi connectivity index (χ3n) is 3.87. The highest BCUT2D eigenvalue weighted by Gasteiger charge is 2.29. The van der Waals surface area contributed by atoms with Crippen LogP contribution in [0.2, 0.25) is 0 Å². The molecule has 0 saturated heterocycles. The summed E-state index contributed by atoms with van der Waals surface area (Å²) in [5, 5.41) is 14.2. The molecule has 0 heterocycles. The van der Waals surface area contributed by atoms with Crippen LogP contribution in [0.15, 0.2) is 18.2 Å². The molecule has 2 rings (SSSR count). The summed E-state index contributed by atoms with van der Waals surface area (Å²) in [7, 11) is 0. The molecule has 0 amide bonds. The molecule has 1 aromatic rings. The third-order valence-corrected chi connectivity index (χ3v) is 3.87. The minimum atomic E-state index is -0.452. The fraction of sp³-hybridized carbons (Fsp3) is 0.500. The number of carbonyl (C=O) groups excluding carboxylic acids is 1. The summed E-state index contributed by atoms with van der Waals surface area (Å²) in [5.74, 6) is 0. The van der Waals surface area contributed by atoms with Gasteiger partial charge in [0.25, 0.3) is 5.69 Å². The van der Waals surface area contributed by atoms with E-state index in [-0.39, 0.29) is 11.1 Å². The zero-order valence-corrected chi connectivity index (χ0v) is 11.0. The second kappa shape index (κ2) is 5.38. The van der Waals surface area contributed by atoms with Crippen molar-refractivity contribution in [2.75, 3.05) is 11.9 Å².